The number of benzene rings is 2. The molecule has 1 amide bonds. The summed E-state index contributed by atoms with van der Waals surface area (Å²) in [7, 11) is 0. The zero-order valence-electron chi connectivity index (χ0n) is 15.7. The van der Waals surface area contributed by atoms with Gasteiger partial charge in [0.25, 0.3) is 0 Å². The topological polar surface area (TPSA) is 41.6 Å². The number of nitrogens with zero attached hydrogens (tertiary/aromatic N) is 1. The maximum absolute atomic E-state index is 12.0. The van der Waals surface area contributed by atoms with E-state index in [0.29, 0.717) is 0 Å². The molecule has 26 heavy (non-hydrogen) atoms. The average Bonchev–Trinajstić information content (AvgIpc) is 2.56. The number of fused-ring (bicyclic) bond motifs is 1. The Hall–Kier alpha value is -1.59. The predicted molar refractivity (Wildman–Crippen MR) is 109 cm³/mol. The molecule has 1 fully saturated rings. The Balaban J connectivity index is 1.66. The summed E-state index contributed by atoms with van der Waals surface area (Å²) in [4.78, 5) is 14.5. The number of nitrogens with one attached hydrogen (secondary N) is 1. The molecule has 0 spiro atoms. The number of carbonyl (C=O) groups is 1. The molecule has 2 aromatic carbocycles. The van der Waals surface area contributed by atoms with Gasteiger partial charge in [-0.1, -0.05) is 46.3 Å². The largest absolute Gasteiger partial charge is 0.444 e. The van der Waals surface area contributed by atoms with E-state index in [1.54, 1.807) is 0 Å². The number of halogens is 1. The van der Waals surface area contributed by atoms with Crippen molar-refractivity contribution in [3.63, 3.8) is 0 Å². The molecule has 5 heteroatoms. The summed E-state index contributed by atoms with van der Waals surface area (Å²) in [5.41, 5.74) is 0.858. The second-order valence-corrected chi connectivity index (χ2v) is 8.83. The van der Waals surface area contributed by atoms with Crippen LogP contribution >= 0.6 is 15.9 Å². The number of alkyl carbamates (subject to hydrolysis) is 1. The van der Waals surface area contributed by atoms with Crippen molar-refractivity contribution in [2.45, 2.75) is 51.8 Å². The second kappa shape index (κ2) is 7.97. The quantitative estimate of drug-likeness (QED) is 0.754. The van der Waals surface area contributed by atoms with Crippen molar-refractivity contribution in [3.8, 4) is 0 Å². The van der Waals surface area contributed by atoms with Crippen LogP contribution < -0.4 is 5.32 Å². The summed E-state index contributed by atoms with van der Waals surface area (Å²) in [5.74, 6) is 0. The molecule has 1 unspecified atom stereocenters. The van der Waals surface area contributed by atoms with E-state index in [9.17, 15) is 4.79 Å². The summed E-state index contributed by atoms with van der Waals surface area (Å²) in [6.45, 7) is 8.45. The summed E-state index contributed by atoms with van der Waals surface area (Å²) in [6.07, 6.45) is 1.75. The van der Waals surface area contributed by atoms with E-state index in [1.165, 1.54) is 16.3 Å². The van der Waals surface area contributed by atoms with Crippen LogP contribution in [0.4, 0.5) is 4.79 Å². The SMILES string of the molecule is CC(C)(C)OC(=O)NC1CCCN(Cc2ccc(Br)c3ccccc23)C1. The van der Waals surface area contributed by atoms with E-state index in [4.69, 9.17) is 4.74 Å². The van der Waals surface area contributed by atoms with E-state index >= 15 is 0 Å². The Kier molecular flexibility index (Phi) is 5.88. The lowest BCUT2D eigenvalue weighted by molar-refractivity contribution is 0.0470. The molecule has 0 aliphatic carbocycles. The van der Waals surface area contributed by atoms with Gasteiger partial charge in [0.15, 0.2) is 0 Å². The van der Waals surface area contributed by atoms with E-state index in [-0.39, 0.29) is 12.1 Å². The first kappa shape index (κ1) is 19.2. The van der Waals surface area contributed by atoms with E-state index in [2.05, 4.69) is 62.5 Å². The molecule has 1 aliphatic heterocycles. The standard InChI is InChI=1S/C21H27BrN2O2/c1-21(2,3)26-20(25)23-16-7-6-12-24(14-16)13-15-10-11-19(22)18-9-5-4-8-17(15)18/h4-5,8-11,16H,6-7,12-14H2,1-3H3,(H,23,25). The Bertz CT molecular complexity index is 785. The zero-order chi connectivity index (χ0) is 18.7. The first-order chi connectivity index (χ1) is 12.3. The number of carbonyl (C=O) groups excluding carboxylic acids is 1. The fraction of sp³-hybridized carbons (Fsp3) is 0.476. The third-order valence-corrected chi connectivity index (χ3v) is 5.27. The number of hydrogen-bond donors (Lipinski definition) is 1. The van der Waals surface area contributed by atoms with Crippen LogP contribution in [0.5, 0.6) is 0 Å². The highest BCUT2D eigenvalue weighted by atomic mass is 79.9. The number of piperidine rings is 1. The first-order valence-electron chi connectivity index (χ1n) is 9.20. The van der Waals surface area contributed by atoms with Crippen LogP contribution in [0, 0.1) is 0 Å². The molecule has 140 valence electrons. The second-order valence-electron chi connectivity index (χ2n) is 7.97. The number of rotatable bonds is 3. The Labute approximate surface area is 164 Å². The molecule has 3 rings (SSSR count). The molecule has 4 nitrogen and oxygen atoms in total. The molecule has 1 N–H and O–H groups in total. The number of hydrogen-bond acceptors (Lipinski definition) is 3. The number of ether oxygens (including phenoxy) is 1. The van der Waals surface area contributed by atoms with Gasteiger partial charge in [0.05, 0.1) is 0 Å². The van der Waals surface area contributed by atoms with Crippen LogP contribution in [0.1, 0.15) is 39.2 Å². The van der Waals surface area contributed by atoms with Crippen molar-refractivity contribution >= 4 is 32.8 Å². The van der Waals surface area contributed by atoms with Crippen LogP contribution in [0.2, 0.25) is 0 Å². The molecule has 0 bridgehead atoms. The number of amides is 1. The van der Waals surface area contributed by atoms with Gasteiger partial charge in [-0.25, -0.2) is 4.79 Å². The highest BCUT2D eigenvalue weighted by Gasteiger charge is 2.24. The molecule has 1 saturated heterocycles. The highest BCUT2D eigenvalue weighted by Crippen LogP contribution is 2.28. The fourth-order valence-electron chi connectivity index (χ4n) is 3.49. The Morgan fingerprint density at radius 3 is 2.69 bits per heavy atom. The maximum atomic E-state index is 12.0. The average molecular weight is 419 g/mol. The molecule has 0 aromatic heterocycles. The Morgan fingerprint density at radius 1 is 1.23 bits per heavy atom. The molecule has 1 atom stereocenters. The predicted octanol–water partition coefficient (Wildman–Crippen LogP) is 5.09. The molecular weight excluding hydrogens is 392 g/mol. The van der Waals surface area contributed by atoms with Gasteiger partial charge in [-0.05, 0) is 62.6 Å². The van der Waals surface area contributed by atoms with Gasteiger partial charge in [0, 0.05) is 23.6 Å². The van der Waals surface area contributed by atoms with Crippen molar-refractivity contribution in [2.75, 3.05) is 13.1 Å². The van der Waals surface area contributed by atoms with E-state index in [0.717, 1.165) is 36.9 Å². The summed E-state index contributed by atoms with van der Waals surface area (Å²) in [5, 5.41) is 5.55. The van der Waals surface area contributed by atoms with E-state index in [1.807, 2.05) is 20.8 Å². The van der Waals surface area contributed by atoms with Gasteiger partial charge in [0.2, 0.25) is 0 Å². The van der Waals surface area contributed by atoms with Crippen molar-refractivity contribution in [1.29, 1.82) is 0 Å². The van der Waals surface area contributed by atoms with Gasteiger partial charge < -0.3 is 10.1 Å². The monoisotopic (exact) mass is 418 g/mol. The minimum Gasteiger partial charge on any atom is -0.444 e. The lowest BCUT2D eigenvalue weighted by atomic mass is 10.0. The maximum Gasteiger partial charge on any atom is 0.407 e. The smallest absolute Gasteiger partial charge is 0.407 e. The van der Waals surface area contributed by atoms with Gasteiger partial charge >= 0.3 is 6.09 Å². The Morgan fingerprint density at radius 2 is 1.96 bits per heavy atom. The van der Waals surface area contributed by atoms with Crippen molar-refractivity contribution < 1.29 is 9.53 Å². The minimum absolute atomic E-state index is 0.139. The summed E-state index contributed by atoms with van der Waals surface area (Å²) >= 11 is 3.64. The van der Waals surface area contributed by atoms with Crippen LogP contribution in [0.3, 0.4) is 0 Å². The summed E-state index contributed by atoms with van der Waals surface area (Å²) in [6, 6.07) is 12.9. The van der Waals surface area contributed by atoms with Gasteiger partial charge in [0.1, 0.15) is 5.60 Å². The molecule has 1 aliphatic rings. The van der Waals surface area contributed by atoms with Crippen molar-refractivity contribution in [1.82, 2.24) is 10.2 Å². The third kappa shape index (κ3) is 4.98. The normalized spacial score (nSPS) is 18.7. The molecule has 2 aromatic rings. The van der Waals surface area contributed by atoms with Crippen LogP contribution in [0.15, 0.2) is 40.9 Å². The van der Waals surface area contributed by atoms with Crippen molar-refractivity contribution in [3.05, 3.63) is 46.4 Å². The minimum atomic E-state index is -0.464. The fourth-order valence-corrected chi connectivity index (χ4v) is 3.97. The van der Waals surface area contributed by atoms with Gasteiger partial charge in [-0.15, -0.1) is 0 Å². The van der Waals surface area contributed by atoms with Crippen LogP contribution in [-0.2, 0) is 11.3 Å². The van der Waals surface area contributed by atoms with Crippen LogP contribution in [0.25, 0.3) is 10.8 Å². The van der Waals surface area contributed by atoms with Gasteiger partial charge in [-0.2, -0.15) is 0 Å². The van der Waals surface area contributed by atoms with Crippen molar-refractivity contribution in [2.24, 2.45) is 0 Å². The third-order valence-electron chi connectivity index (χ3n) is 4.58. The van der Waals surface area contributed by atoms with Gasteiger partial charge in [-0.3, -0.25) is 4.90 Å². The molecular formula is C21H27BrN2O2. The van der Waals surface area contributed by atoms with Crippen LogP contribution in [-0.4, -0.2) is 35.7 Å². The number of likely N-dealkylation sites (tertiary alicyclic amines) is 1. The lowest BCUT2D eigenvalue weighted by Gasteiger charge is -2.33. The van der Waals surface area contributed by atoms with E-state index < -0.39 is 5.60 Å². The molecule has 1 heterocycles. The molecule has 0 radical (unpaired) electrons. The first-order valence-corrected chi connectivity index (χ1v) is 9.99. The zero-order valence-corrected chi connectivity index (χ0v) is 17.3. The molecule has 0 saturated carbocycles. The lowest BCUT2D eigenvalue weighted by Crippen LogP contribution is -2.48. The highest BCUT2D eigenvalue weighted by molar-refractivity contribution is 9.10. The summed E-state index contributed by atoms with van der Waals surface area (Å²) < 4.78 is 6.52.